The van der Waals surface area contributed by atoms with Gasteiger partial charge in [0.15, 0.2) is 0 Å². The first-order chi connectivity index (χ1) is 17.8. The zero-order valence-electron chi connectivity index (χ0n) is 19.6. The van der Waals surface area contributed by atoms with Crippen molar-refractivity contribution in [3.05, 3.63) is 133 Å². The minimum Gasteiger partial charge on any atom is -0.355 e. The maximum Gasteiger partial charge on any atom is 0.0478 e. The Morgan fingerprint density at radius 1 is 0.472 bits per heavy atom. The normalized spacial score (nSPS) is 11.3. The molecule has 1 aromatic heterocycles. The Kier molecular flexibility index (Phi) is 5.04. The number of fused-ring (bicyclic) bond motifs is 4. The van der Waals surface area contributed by atoms with Crippen LogP contribution in [0.1, 0.15) is 0 Å². The van der Waals surface area contributed by atoms with Gasteiger partial charge < -0.3 is 5.32 Å². The van der Waals surface area contributed by atoms with E-state index in [9.17, 15) is 0 Å². The fraction of sp³-hybridized carbons (Fsp3) is 0. The minimum absolute atomic E-state index is 1.09. The molecular weight excluding hydrogens is 454 g/mol. The molecule has 1 nitrogen and oxygen atoms in total. The van der Waals surface area contributed by atoms with Gasteiger partial charge in [0, 0.05) is 31.5 Å². The summed E-state index contributed by atoms with van der Waals surface area (Å²) in [6.45, 7) is 0. The molecule has 170 valence electrons. The summed E-state index contributed by atoms with van der Waals surface area (Å²) in [7, 11) is 0. The molecule has 0 aliphatic carbocycles. The lowest BCUT2D eigenvalue weighted by atomic mass is 9.91. The number of hydrogen-bond acceptors (Lipinski definition) is 2. The molecule has 1 heterocycles. The molecule has 0 saturated carbocycles. The number of nitrogens with one attached hydrogen (secondary N) is 1. The van der Waals surface area contributed by atoms with Crippen LogP contribution >= 0.6 is 11.3 Å². The van der Waals surface area contributed by atoms with Crippen LogP contribution in [0.5, 0.6) is 0 Å². The average molecular weight is 478 g/mol. The highest BCUT2D eigenvalue weighted by atomic mass is 32.1. The molecule has 2 heteroatoms. The van der Waals surface area contributed by atoms with Gasteiger partial charge in [-0.15, -0.1) is 11.3 Å². The Morgan fingerprint density at radius 3 is 2.00 bits per heavy atom. The van der Waals surface area contributed by atoms with E-state index in [0.29, 0.717) is 0 Å². The van der Waals surface area contributed by atoms with Gasteiger partial charge in [0.1, 0.15) is 0 Å². The third kappa shape index (κ3) is 3.55. The molecule has 0 atom stereocenters. The van der Waals surface area contributed by atoms with Crippen molar-refractivity contribution in [2.45, 2.75) is 0 Å². The summed E-state index contributed by atoms with van der Waals surface area (Å²) in [5, 5.41) is 8.87. The Morgan fingerprint density at radius 2 is 1.14 bits per heavy atom. The Balaban J connectivity index is 1.36. The highest BCUT2D eigenvalue weighted by molar-refractivity contribution is 7.25. The van der Waals surface area contributed by atoms with Crippen LogP contribution in [-0.4, -0.2) is 0 Å². The highest BCUT2D eigenvalue weighted by Gasteiger charge is 2.12. The van der Waals surface area contributed by atoms with Crippen LogP contribution in [0.25, 0.3) is 53.2 Å². The second kappa shape index (κ2) is 8.67. The van der Waals surface area contributed by atoms with E-state index in [0.717, 1.165) is 11.4 Å². The summed E-state index contributed by atoms with van der Waals surface area (Å²) in [5.74, 6) is 0. The maximum absolute atomic E-state index is 3.74. The largest absolute Gasteiger partial charge is 0.355 e. The Labute approximate surface area is 214 Å². The fourth-order valence-electron chi connectivity index (χ4n) is 5.24. The molecule has 0 fully saturated rings. The summed E-state index contributed by atoms with van der Waals surface area (Å²) >= 11 is 1.85. The number of benzene rings is 6. The van der Waals surface area contributed by atoms with Gasteiger partial charge in [-0.1, -0.05) is 103 Å². The van der Waals surface area contributed by atoms with E-state index in [1.807, 2.05) is 11.3 Å². The average Bonchev–Trinajstić information content (AvgIpc) is 3.33. The quantitative estimate of drug-likeness (QED) is 0.266. The van der Waals surface area contributed by atoms with Gasteiger partial charge in [-0.2, -0.15) is 0 Å². The van der Waals surface area contributed by atoms with Gasteiger partial charge in [0.25, 0.3) is 0 Å². The molecule has 0 bridgehead atoms. The third-order valence-corrected chi connectivity index (χ3v) is 7.98. The van der Waals surface area contributed by atoms with E-state index in [2.05, 4.69) is 139 Å². The lowest BCUT2D eigenvalue weighted by Crippen LogP contribution is -1.92. The first kappa shape index (κ1) is 20.9. The van der Waals surface area contributed by atoms with E-state index < -0.39 is 0 Å². The van der Waals surface area contributed by atoms with E-state index in [4.69, 9.17) is 0 Å². The van der Waals surface area contributed by atoms with Crippen LogP contribution in [0.2, 0.25) is 0 Å². The van der Waals surface area contributed by atoms with Crippen LogP contribution < -0.4 is 5.32 Å². The Hall–Kier alpha value is -4.40. The zero-order chi connectivity index (χ0) is 23.9. The molecule has 7 rings (SSSR count). The molecule has 0 spiro atoms. The summed E-state index contributed by atoms with van der Waals surface area (Å²) in [6, 6.07) is 47.8. The summed E-state index contributed by atoms with van der Waals surface area (Å²) in [6.07, 6.45) is 0. The van der Waals surface area contributed by atoms with E-state index in [-0.39, 0.29) is 0 Å². The summed E-state index contributed by atoms with van der Waals surface area (Å²) in [5.41, 5.74) is 7.18. The van der Waals surface area contributed by atoms with Crippen molar-refractivity contribution in [3.63, 3.8) is 0 Å². The summed E-state index contributed by atoms with van der Waals surface area (Å²) < 4.78 is 2.62. The third-order valence-electron chi connectivity index (χ3n) is 6.84. The molecular formula is C34H23NS. The first-order valence-electron chi connectivity index (χ1n) is 12.2. The molecule has 0 saturated heterocycles. The molecule has 0 radical (unpaired) electrons. The minimum atomic E-state index is 1.09. The number of thiophene rings is 1. The molecule has 6 aromatic carbocycles. The van der Waals surface area contributed by atoms with Gasteiger partial charge >= 0.3 is 0 Å². The van der Waals surface area contributed by atoms with E-state index >= 15 is 0 Å². The fourth-order valence-corrected chi connectivity index (χ4v) is 6.37. The van der Waals surface area contributed by atoms with E-state index in [1.54, 1.807) is 0 Å². The van der Waals surface area contributed by atoms with Crippen LogP contribution in [0.15, 0.2) is 133 Å². The SMILES string of the molecule is c1ccc(-c2cccc3cccc(-c4cccc(Nc5cccc6sc7ccccc7c56)c4)c23)cc1. The first-order valence-corrected chi connectivity index (χ1v) is 13.0. The van der Waals surface area contributed by atoms with Crippen molar-refractivity contribution < 1.29 is 0 Å². The smallest absolute Gasteiger partial charge is 0.0478 e. The van der Waals surface area contributed by atoms with Crippen molar-refractivity contribution >= 4 is 53.7 Å². The molecule has 1 N–H and O–H groups in total. The molecule has 36 heavy (non-hydrogen) atoms. The highest BCUT2D eigenvalue weighted by Crippen LogP contribution is 2.40. The van der Waals surface area contributed by atoms with Crippen molar-refractivity contribution in [1.82, 2.24) is 0 Å². The van der Waals surface area contributed by atoms with Gasteiger partial charge in [-0.05, 0) is 63.4 Å². The predicted octanol–water partition coefficient (Wildman–Crippen LogP) is 10.3. The lowest BCUT2D eigenvalue weighted by molar-refractivity contribution is 1.57. The van der Waals surface area contributed by atoms with Crippen molar-refractivity contribution in [2.75, 3.05) is 5.32 Å². The zero-order valence-corrected chi connectivity index (χ0v) is 20.4. The molecule has 0 aliphatic rings. The van der Waals surface area contributed by atoms with Crippen molar-refractivity contribution in [1.29, 1.82) is 0 Å². The topological polar surface area (TPSA) is 12.0 Å². The molecule has 0 amide bonds. The number of hydrogen-bond donors (Lipinski definition) is 1. The standard InChI is InChI=1S/C34H23NS/c1-2-10-23(11-3-1)27-17-7-12-24-13-8-18-28(33(24)27)25-14-6-15-26(22-25)35-30-19-9-21-32-34(30)29-16-4-5-20-31(29)36-32/h1-22,35H. The van der Waals surface area contributed by atoms with Crippen LogP contribution in [0.3, 0.4) is 0 Å². The van der Waals surface area contributed by atoms with E-state index in [1.165, 1.54) is 53.2 Å². The van der Waals surface area contributed by atoms with Crippen LogP contribution in [-0.2, 0) is 0 Å². The second-order valence-electron chi connectivity index (χ2n) is 9.06. The lowest BCUT2D eigenvalue weighted by Gasteiger charge is -2.14. The van der Waals surface area contributed by atoms with Crippen LogP contribution in [0, 0.1) is 0 Å². The monoisotopic (exact) mass is 477 g/mol. The maximum atomic E-state index is 3.74. The molecule has 0 unspecified atom stereocenters. The second-order valence-corrected chi connectivity index (χ2v) is 10.1. The van der Waals surface area contributed by atoms with Gasteiger partial charge in [0.2, 0.25) is 0 Å². The van der Waals surface area contributed by atoms with Gasteiger partial charge in [0.05, 0.1) is 0 Å². The van der Waals surface area contributed by atoms with Crippen molar-refractivity contribution in [3.8, 4) is 22.3 Å². The van der Waals surface area contributed by atoms with Crippen molar-refractivity contribution in [2.24, 2.45) is 0 Å². The van der Waals surface area contributed by atoms with Crippen LogP contribution in [0.4, 0.5) is 11.4 Å². The predicted molar refractivity (Wildman–Crippen MR) is 157 cm³/mol. The summed E-state index contributed by atoms with van der Waals surface area (Å²) in [4.78, 5) is 0. The number of anilines is 2. The Bertz CT molecular complexity index is 1860. The van der Waals surface area contributed by atoms with Gasteiger partial charge in [-0.3, -0.25) is 0 Å². The molecule has 0 aliphatic heterocycles. The number of rotatable bonds is 4. The van der Waals surface area contributed by atoms with Gasteiger partial charge in [-0.25, -0.2) is 0 Å². The molecule has 7 aromatic rings.